The number of nitrogens with one attached hydrogen (secondary N) is 2. The van der Waals surface area contributed by atoms with Crippen LogP contribution in [0.4, 0.5) is 5.13 Å². The Kier molecular flexibility index (Phi) is 3.64. The van der Waals surface area contributed by atoms with Crippen LogP contribution in [0.2, 0.25) is 0 Å². The maximum Gasteiger partial charge on any atom is 0.226 e. The first-order valence-corrected chi connectivity index (χ1v) is 7.11. The van der Waals surface area contributed by atoms with Crippen LogP contribution in [0.3, 0.4) is 0 Å². The minimum Gasteiger partial charge on any atom is -0.469 e. The molecule has 3 aromatic rings. The van der Waals surface area contributed by atoms with Gasteiger partial charge in [-0.15, -0.1) is 11.3 Å². The van der Waals surface area contributed by atoms with Crippen LogP contribution in [0, 0.1) is 0 Å². The zero-order chi connectivity index (χ0) is 13.8. The van der Waals surface area contributed by atoms with Crippen molar-refractivity contribution in [1.82, 2.24) is 9.97 Å². The van der Waals surface area contributed by atoms with Crippen molar-refractivity contribution in [3.63, 3.8) is 0 Å². The molecule has 0 aliphatic rings. The van der Waals surface area contributed by atoms with E-state index in [4.69, 9.17) is 4.42 Å². The number of carbonyl (C=O) groups is 1. The van der Waals surface area contributed by atoms with Gasteiger partial charge in [0.1, 0.15) is 5.76 Å². The standard InChI is InChI=1S/C14H13N3O2S/c18-13(6-5-10-3-2-8-19-10)17-14-16-12(9-20-14)11-4-1-7-15-11/h1-4,7-9,15H,5-6H2,(H,16,17,18). The molecule has 0 aromatic carbocycles. The van der Waals surface area contributed by atoms with Gasteiger partial charge in [-0.25, -0.2) is 4.98 Å². The van der Waals surface area contributed by atoms with Gasteiger partial charge in [-0.3, -0.25) is 4.79 Å². The quantitative estimate of drug-likeness (QED) is 0.756. The van der Waals surface area contributed by atoms with Crippen LogP contribution in [-0.2, 0) is 11.2 Å². The molecule has 0 saturated heterocycles. The highest BCUT2D eigenvalue weighted by atomic mass is 32.1. The van der Waals surface area contributed by atoms with E-state index >= 15 is 0 Å². The largest absolute Gasteiger partial charge is 0.469 e. The number of amides is 1. The number of nitrogens with zero attached hydrogens (tertiary/aromatic N) is 1. The molecule has 3 rings (SSSR count). The number of carbonyl (C=O) groups excluding carboxylic acids is 1. The van der Waals surface area contributed by atoms with Gasteiger partial charge < -0.3 is 14.7 Å². The van der Waals surface area contributed by atoms with Gasteiger partial charge in [-0.05, 0) is 24.3 Å². The molecule has 0 spiro atoms. The number of H-pyrrole nitrogens is 1. The predicted molar refractivity (Wildman–Crippen MR) is 77.6 cm³/mol. The average Bonchev–Trinajstić information content (AvgIpc) is 3.18. The molecule has 0 bridgehead atoms. The Labute approximate surface area is 119 Å². The van der Waals surface area contributed by atoms with E-state index in [9.17, 15) is 4.79 Å². The number of aromatic amines is 1. The lowest BCUT2D eigenvalue weighted by atomic mass is 10.2. The summed E-state index contributed by atoms with van der Waals surface area (Å²) in [5, 5.41) is 5.32. The molecule has 3 heterocycles. The van der Waals surface area contributed by atoms with Gasteiger partial charge in [0.15, 0.2) is 5.13 Å². The van der Waals surface area contributed by atoms with Gasteiger partial charge in [0.25, 0.3) is 0 Å². The van der Waals surface area contributed by atoms with E-state index in [0.717, 1.165) is 17.1 Å². The Balaban J connectivity index is 1.56. The topological polar surface area (TPSA) is 70.9 Å². The highest BCUT2D eigenvalue weighted by Gasteiger charge is 2.09. The molecule has 20 heavy (non-hydrogen) atoms. The number of furan rings is 1. The molecule has 0 aliphatic heterocycles. The summed E-state index contributed by atoms with van der Waals surface area (Å²) in [6.45, 7) is 0. The fourth-order valence-electron chi connectivity index (χ4n) is 1.82. The predicted octanol–water partition coefficient (Wildman–Crippen LogP) is 3.30. The van der Waals surface area contributed by atoms with Gasteiger partial charge in [-0.1, -0.05) is 0 Å². The van der Waals surface area contributed by atoms with Gasteiger partial charge in [-0.2, -0.15) is 0 Å². The lowest BCUT2D eigenvalue weighted by Gasteiger charge is -1.99. The molecule has 2 N–H and O–H groups in total. The highest BCUT2D eigenvalue weighted by molar-refractivity contribution is 7.14. The molecule has 1 amide bonds. The van der Waals surface area contributed by atoms with Crippen LogP contribution >= 0.6 is 11.3 Å². The first-order chi connectivity index (χ1) is 9.81. The van der Waals surface area contributed by atoms with E-state index in [2.05, 4.69) is 15.3 Å². The van der Waals surface area contributed by atoms with Crippen LogP contribution in [0.5, 0.6) is 0 Å². The van der Waals surface area contributed by atoms with E-state index in [1.165, 1.54) is 11.3 Å². The Morgan fingerprint density at radius 1 is 1.40 bits per heavy atom. The first kappa shape index (κ1) is 12.7. The molecule has 0 saturated carbocycles. The summed E-state index contributed by atoms with van der Waals surface area (Å²) in [7, 11) is 0. The average molecular weight is 287 g/mol. The lowest BCUT2D eigenvalue weighted by molar-refractivity contribution is -0.116. The Morgan fingerprint density at radius 2 is 2.35 bits per heavy atom. The van der Waals surface area contributed by atoms with Crippen molar-refractivity contribution in [2.24, 2.45) is 0 Å². The summed E-state index contributed by atoms with van der Waals surface area (Å²) in [6, 6.07) is 7.53. The number of hydrogen-bond donors (Lipinski definition) is 2. The van der Waals surface area contributed by atoms with Crippen molar-refractivity contribution < 1.29 is 9.21 Å². The van der Waals surface area contributed by atoms with Crippen LogP contribution in [-0.4, -0.2) is 15.9 Å². The number of aryl methyl sites for hydroxylation is 1. The van der Waals surface area contributed by atoms with Gasteiger partial charge in [0, 0.05) is 24.4 Å². The van der Waals surface area contributed by atoms with Crippen molar-refractivity contribution in [2.45, 2.75) is 12.8 Å². The summed E-state index contributed by atoms with van der Waals surface area (Å²) in [5.74, 6) is 0.750. The highest BCUT2D eigenvalue weighted by Crippen LogP contribution is 2.23. The monoisotopic (exact) mass is 287 g/mol. The molecule has 6 heteroatoms. The van der Waals surface area contributed by atoms with Gasteiger partial charge >= 0.3 is 0 Å². The maximum atomic E-state index is 11.8. The summed E-state index contributed by atoms with van der Waals surface area (Å²) in [5.41, 5.74) is 1.78. The van der Waals surface area contributed by atoms with Gasteiger partial charge in [0.05, 0.1) is 17.7 Å². The maximum absolute atomic E-state index is 11.8. The first-order valence-electron chi connectivity index (χ1n) is 6.23. The third kappa shape index (κ3) is 2.97. The minimum atomic E-state index is -0.0613. The lowest BCUT2D eigenvalue weighted by Crippen LogP contribution is -2.11. The molecule has 0 radical (unpaired) electrons. The molecule has 5 nitrogen and oxygen atoms in total. The molecule has 0 fully saturated rings. The Hall–Kier alpha value is -2.34. The number of aromatic nitrogens is 2. The zero-order valence-electron chi connectivity index (χ0n) is 10.6. The minimum absolute atomic E-state index is 0.0613. The normalized spacial score (nSPS) is 10.6. The number of anilines is 1. The molecule has 0 atom stereocenters. The number of rotatable bonds is 5. The van der Waals surface area contributed by atoms with Crippen LogP contribution in [0.15, 0.2) is 46.5 Å². The van der Waals surface area contributed by atoms with Crippen molar-refractivity contribution in [3.05, 3.63) is 47.9 Å². The second kappa shape index (κ2) is 5.75. The van der Waals surface area contributed by atoms with E-state index in [-0.39, 0.29) is 5.91 Å². The molecule has 0 unspecified atom stereocenters. The van der Waals surface area contributed by atoms with Crippen LogP contribution < -0.4 is 5.32 Å². The fourth-order valence-corrected chi connectivity index (χ4v) is 2.54. The van der Waals surface area contributed by atoms with E-state index < -0.39 is 0 Å². The smallest absolute Gasteiger partial charge is 0.226 e. The summed E-state index contributed by atoms with van der Waals surface area (Å²) >= 11 is 1.41. The summed E-state index contributed by atoms with van der Waals surface area (Å²) in [4.78, 5) is 19.3. The molecule has 3 aromatic heterocycles. The third-order valence-electron chi connectivity index (χ3n) is 2.80. The van der Waals surface area contributed by atoms with Crippen molar-refractivity contribution in [3.8, 4) is 11.4 Å². The van der Waals surface area contributed by atoms with Gasteiger partial charge in [0.2, 0.25) is 5.91 Å². The van der Waals surface area contributed by atoms with Crippen LogP contribution in [0.25, 0.3) is 11.4 Å². The summed E-state index contributed by atoms with van der Waals surface area (Å²) < 4.78 is 5.19. The van der Waals surface area contributed by atoms with E-state index in [1.54, 1.807) is 6.26 Å². The van der Waals surface area contributed by atoms with Crippen molar-refractivity contribution in [1.29, 1.82) is 0 Å². The molecule has 102 valence electrons. The van der Waals surface area contributed by atoms with Crippen molar-refractivity contribution >= 4 is 22.4 Å². The summed E-state index contributed by atoms with van der Waals surface area (Å²) in [6.07, 6.45) is 4.42. The van der Waals surface area contributed by atoms with E-state index in [1.807, 2.05) is 35.8 Å². The Bertz CT molecular complexity index is 671. The fraction of sp³-hybridized carbons (Fsp3) is 0.143. The zero-order valence-corrected chi connectivity index (χ0v) is 11.4. The molecular formula is C14H13N3O2S. The molecule has 0 aliphatic carbocycles. The second-order valence-corrected chi connectivity index (χ2v) is 5.11. The van der Waals surface area contributed by atoms with E-state index in [0.29, 0.717) is 18.0 Å². The Morgan fingerprint density at radius 3 is 3.10 bits per heavy atom. The number of hydrogen-bond acceptors (Lipinski definition) is 4. The SMILES string of the molecule is O=C(CCc1ccco1)Nc1nc(-c2ccc[nH]2)cs1. The number of thiazole rings is 1. The van der Waals surface area contributed by atoms with Crippen molar-refractivity contribution in [2.75, 3.05) is 5.32 Å². The van der Waals surface area contributed by atoms with Crippen LogP contribution in [0.1, 0.15) is 12.2 Å². The molecular weight excluding hydrogens is 274 g/mol. The second-order valence-electron chi connectivity index (χ2n) is 4.25. The third-order valence-corrected chi connectivity index (χ3v) is 3.56.